The van der Waals surface area contributed by atoms with Gasteiger partial charge in [0.1, 0.15) is 0 Å². The van der Waals surface area contributed by atoms with Crippen LogP contribution in [0.1, 0.15) is 41.4 Å². The van der Waals surface area contributed by atoms with E-state index >= 15 is 0 Å². The van der Waals surface area contributed by atoms with Crippen LogP contribution in [0.2, 0.25) is 0 Å². The van der Waals surface area contributed by atoms with E-state index in [0.717, 1.165) is 44.3 Å². The van der Waals surface area contributed by atoms with Gasteiger partial charge in [-0.15, -0.1) is 11.3 Å². The summed E-state index contributed by atoms with van der Waals surface area (Å²) < 4.78 is 0. The van der Waals surface area contributed by atoms with Crippen molar-refractivity contribution < 1.29 is 9.59 Å². The number of rotatable bonds is 3. The molecule has 0 radical (unpaired) electrons. The van der Waals surface area contributed by atoms with Crippen LogP contribution in [-0.2, 0) is 6.42 Å². The first kappa shape index (κ1) is 17.3. The number of piperidine rings is 1. The molecule has 0 spiro atoms. The molecule has 3 aliphatic rings. The van der Waals surface area contributed by atoms with Crippen LogP contribution >= 0.6 is 11.3 Å². The predicted octanol–water partition coefficient (Wildman–Crippen LogP) is 2.92. The number of hydrogen-bond acceptors (Lipinski definition) is 3. The Hall–Kier alpha value is -1.56. The highest BCUT2D eigenvalue weighted by Gasteiger charge is 2.39. The van der Waals surface area contributed by atoms with Gasteiger partial charge in [-0.25, -0.2) is 4.79 Å². The Morgan fingerprint density at radius 3 is 2.75 bits per heavy atom. The molecule has 0 saturated carbocycles. The molecular formula is C18H27N3O2S. The molecule has 132 valence electrons. The van der Waals surface area contributed by atoms with E-state index in [1.54, 1.807) is 30.3 Å². The van der Waals surface area contributed by atoms with Crippen LogP contribution in [0.3, 0.4) is 0 Å². The summed E-state index contributed by atoms with van der Waals surface area (Å²) in [5.74, 6) is 0.535. The maximum Gasteiger partial charge on any atom is 0.319 e. The first-order valence-electron chi connectivity index (χ1n) is 8.84. The molecule has 0 aromatic carbocycles. The summed E-state index contributed by atoms with van der Waals surface area (Å²) in [5, 5.41) is 1.99. The average Bonchev–Trinajstić information content (AvgIpc) is 2.84. The summed E-state index contributed by atoms with van der Waals surface area (Å²) in [6.45, 7) is 4.36. The number of hydrogen-bond donors (Lipinski definition) is 0. The third kappa shape index (κ3) is 3.43. The van der Waals surface area contributed by atoms with E-state index in [4.69, 9.17) is 0 Å². The van der Waals surface area contributed by atoms with Crippen LogP contribution in [0.4, 0.5) is 4.79 Å². The number of amides is 3. The summed E-state index contributed by atoms with van der Waals surface area (Å²) in [4.78, 5) is 32.2. The minimum atomic E-state index is 0.0574. The fraction of sp³-hybridized carbons (Fsp3) is 0.667. The number of aryl methyl sites for hydroxylation is 1. The summed E-state index contributed by atoms with van der Waals surface area (Å²) in [6.07, 6.45) is 4.25. The minimum Gasteiger partial charge on any atom is -0.334 e. The van der Waals surface area contributed by atoms with Gasteiger partial charge in [0.15, 0.2) is 0 Å². The van der Waals surface area contributed by atoms with Gasteiger partial charge < -0.3 is 14.7 Å². The molecule has 6 heteroatoms. The second kappa shape index (κ2) is 7.13. The van der Waals surface area contributed by atoms with Crippen molar-refractivity contribution in [3.8, 4) is 0 Å². The van der Waals surface area contributed by atoms with Gasteiger partial charge >= 0.3 is 6.03 Å². The van der Waals surface area contributed by atoms with Gasteiger partial charge in [-0.2, -0.15) is 0 Å². The zero-order chi connectivity index (χ0) is 17.3. The van der Waals surface area contributed by atoms with Crippen molar-refractivity contribution in [1.29, 1.82) is 0 Å². The molecule has 2 atom stereocenters. The number of fused-ring (bicyclic) bond motifs is 4. The first-order valence-corrected chi connectivity index (χ1v) is 9.72. The van der Waals surface area contributed by atoms with Gasteiger partial charge in [-0.05, 0) is 31.2 Å². The highest BCUT2D eigenvalue weighted by atomic mass is 32.1. The summed E-state index contributed by atoms with van der Waals surface area (Å²) in [6, 6.07) is 2.26. The fourth-order valence-electron chi connectivity index (χ4n) is 3.81. The average molecular weight is 350 g/mol. The van der Waals surface area contributed by atoms with Crippen LogP contribution in [0.5, 0.6) is 0 Å². The molecule has 4 rings (SSSR count). The molecule has 0 unspecified atom stereocenters. The van der Waals surface area contributed by atoms with Crippen molar-refractivity contribution in [3.63, 3.8) is 0 Å². The third-order valence-corrected chi connectivity index (χ3v) is 6.02. The van der Waals surface area contributed by atoms with Gasteiger partial charge in [-0.1, -0.05) is 13.3 Å². The number of thiophene rings is 1. The van der Waals surface area contributed by atoms with E-state index in [1.807, 2.05) is 15.2 Å². The molecule has 2 bridgehead atoms. The molecule has 1 aromatic rings. The van der Waals surface area contributed by atoms with Gasteiger partial charge in [0, 0.05) is 50.0 Å². The normalized spacial score (nSPS) is 23.3. The molecule has 3 saturated heterocycles. The predicted molar refractivity (Wildman–Crippen MR) is 96.5 cm³/mol. The minimum absolute atomic E-state index is 0.0574. The van der Waals surface area contributed by atoms with E-state index < -0.39 is 0 Å². The quantitative estimate of drug-likeness (QED) is 0.842. The van der Waals surface area contributed by atoms with E-state index in [-0.39, 0.29) is 18.0 Å². The lowest BCUT2D eigenvalue weighted by atomic mass is 9.94. The zero-order valence-corrected chi connectivity index (χ0v) is 15.6. The molecule has 1 aromatic heterocycles. The second-order valence-electron chi connectivity index (χ2n) is 7.19. The van der Waals surface area contributed by atoms with Gasteiger partial charge in [0.25, 0.3) is 5.91 Å². The lowest BCUT2D eigenvalue weighted by Crippen LogP contribution is -2.48. The van der Waals surface area contributed by atoms with Gasteiger partial charge in [0.2, 0.25) is 0 Å². The SMILES string of the molecule is CCCc1cc(C(=O)N2C[C@@H]3CC[C@H]2CN(C(=O)N(C)C)C3)cs1. The number of carbonyl (C=O) groups excluding carboxylic acids is 2. The molecule has 3 aliphatic heterocycles. The van der Waals surface area contributed by atoms with Crippen molar-refractivity contribution in [2.45, 2.75) is 38.6 Å². The first-order chi connectivity index (χ1) is 11.5. The molecule has 24 heavy (non-hydrogen) atoms. The van der Waals surface area contributed by atoms with Crippen molar-refractivity contribution in [2.24, 2.45) is 5.92 Å². The van der Waals surface area contributed by atoms with Crippen molar-refractivity contribution in [1.82, 2.24) is 14.7 Å². The van der Waals surface area contributed by atoms with Crippen LogP contribution in [0.15, 0.2) is 11.4 Å². The topological polar surface area (TPSA) is 43.9 Å². The smallest absolute Gasteiger partial charge is 0.319 e. The Bertz CT molecular complexity index is 613. The molecule has 5 nitrogen and oxygen atoms in total. The van der Waals surface area contributed by atoms with Crippen LogP contribution in [0.25, 0.3) is 0 Å². The number of urea groups is 1. The van der Waals surface area contributed by atoms with Crippen molar-refractivity contribution >= 4 is 23.3 Å². The van der Waals surface area contributed by atoms with E-state index in [1.165, 1.54) is 4.88 Å². The van der Waals surface area contributed by atoms with Gasteiger partial charge in [0.05, 0.1) is 5.56 Å². The highest BCUT2D eigenvalue weighted by Crippen LogP contribution is 2.30. The van der Waals surface area contributed by atoms with Crippen LogP contribution in [-0.4, -0.2) is 66.4 Å². The van der Waals surface area contributed by atoms with Crippen molar-refractivity contribution in [3.05, 3.63) is 21.9 Å². The van der Waals surface area contributed by atoms with Crippen molar-refractivity contribution in [2.75, 3.05) is 33.7 Å². The third-order valence-electron chi connectivity index (χ3n) is 5.02. The molecule has 4 heterocycles. The Kier molecular flexibility index (Phi) is 5.13. The maximum absolute atomic E-state index is 13.0. The Morgan fingerprint density at radius 1 is 1.25 bits per heavy atom. The van der Waals surface area contributed by atoms with Gasteiger partial charge in [-0.3, -0.25) is 4.79 Å². The Labute approximate surface area is 148 Å². The fourth-order valence-corrected chi connectivity index (χ4v) is 4.77. The lowest BCUT2D eigenvalue weighted by molar-refractivity contribution is 0.0586. The molecular weight excluding hydrogens is 322 g/mol. The van der Waals surface area contributed by atoms with E-state index in [9.17, 15) is 9.59 Å². The summed E-state index contributed by atoms with van der Waals surface area (Å²) in [5.41, 5.74) is 0.821. The second-order valence-corrected chi connectivity index (χ2v) is 8.18. The Morgan fingerprint density at radius 2 is 2.04 bits per heavy atom. The molecule has 3 amide bonds. The Balaban J connectivity index is 1.75. The molecule has 0 aliphatic carbocycles. The van der Waals surface area contributed by atoms with E-state index in [2.05, 4.69) is 13.0 Å². The standard InChI is InChI=1S/C18H27N3O2S/c1-4-5-16-8-14(12-24-16)17(22)21-10-13-6-7-15(21)11-20(9-13)18(23)19(2)3/h8,12-13,15H,4-7,9-11H2,1-3H3/t13-,15+/m1/s1. The monoisotopic (exact) mass is 349 g/mol. The largest absolute Gasteiger partial charge is 0.334 e. The highest BCUT2D eigenvalue weighted by molar-refractivity contribution is 7.10. The maximum atomic E-state index is 13.0. The van der Waals surface area contributed by atoms with Crippen LogP contribution < -0.4 is 0 Å². The molecule has 0 N–H and O–H groups in total. The number of carbonyl (C=O) groups is 2. The van der Waals surface area contributed by atoms with Crippen LogP contribution in [0, 0.1) is 5.92 Å². The summed E-state index contributed by atoms with van der Waals surface area (Å²) >= 11 is 1.68. The number of nitrogens with zero attached hydrogens (tertiary/aromatic N) is 3. The summed E-state index contributed by atoms with van der Waals surface area (Å²) in [7, 11) is 3.58. The van der Waals surface area contributed by atoms with E-state index in [0.29, 0.717) is 12.5 Å². The zero-order valence-electron chi connectivity index (χ0n) is 14.8. The lowest BCUT2D eigenvalue weighted by Gasteiger charge is -2.36. The molecule has 3 fully saturated rings.